The number of carbonyl (C=O) groups is 3. The molecule has 1 unspecified atom stereocenters. The molecule has 9 heteroatoms. The van der Waals surface area contributed by atoms with Gasteiger partial charge in [-0.1, -0.05) is 61.7 Å². The second kappa shape index (κ2) is 18.6. The van der Waals surface area contributed by atoms with Crippen LogP contribution >= 0.6 is 0 Å². The molecular formula is C31H41NO8. The number of methoxy groups -OCH3 is 1. The van der Waals surface area contributed by atoms with Crippen molar-refractivity contribution >= 4 is 17.9 Å². The van der Waals surface area contributed by atoms with Gasteiger partial charge in [0, 0.05) is 31.7 Å². The zero-order chi connectivity index (χ0) is 29.2. The van der Waals surface area contributed by atoms with Crippen LogP contribution in [0.5, 0.6) is 5.75 Å². The standard InChI is InChI=1S/C27H37NO4.C4H4O4/c1-31-24-15-13-23(14-16-24)27(22-10-6-5-7-11-22)32-25-17-20-28(21-18-25)19-9-4-2-3-8-12-26(29)30;5-3(6)1-2-4(7)8/h5-7,10-11,13-16,25,27H,2-4,8-9,12,17-21H2,1H3,(H,29,30);1-2H,(H,5,6)(H,7,8)/b;2-1+. The molecule has 1 aliphatic rings. The number of rotatable bonds is 15. The molecule has 1 aliphatic heterocycles. The Morgan fingerprint density at radius 1 is 0.825 bits per heavy atom. The van der Waals surface area contributed by atoms with E-state index in [1.807, 2.05) is 18.2 Å². The molecule has 1 saturated heterocycles. The van der Waals surface area contributed by atoms with Gasteiger partial charge in [0.15, 0.2) is 0 Å². The molecule has 2 aromatic carbocycles. The summed E-state index contributed by atoms with van der Waals surface area (Å²) < 4.78 is 12.0. The maximum Gasteiger partial charge on any atom is 0.328 e. The number of unbranched alkanes of at least 4 members (excludes halogenated alkanes) is 4. The molecule has 0 bridgehead atoms. The van der Waals surface area contributed by atoms with Crippen molar-refractivity contribution in [3.8, 4) is 5.75 Å². The number of nitrogens with zero attached hydrogens (tertiary/aromatic N) is 1. The van der Waals surface area contributed by atoms with Gasteiger partial charge in [-0.25, -0.2) is 9.59 Å². The largest absolute Gasteiger partial charge is 0.497 e. The molecule has 40 heavy (non-hydrogen) atoms. The van der Waals surface area contributed by atoms with E-state index in [0.29, 0.717) is 18.6 Å². The maximum absolute atomic E-state index is 10.6. The van der Waals surface area contributed by atoms with Crippen molar-refractivity contribution in [2.45, 2.75) is 63.6 Å². The predicted octanol–water partition coefficient (Wildman–Crippen LogP) is 5.40. The maximum atomic E-state index is 10.6. The lowest BCUT2D eigenvalue weighted by atomic mass is 9.99. The van der Waals surface area contributed by atoms with Crippen LogP contribution in [0.25, 0.3) is 0 Å². The van der Waals surface area contributed by atoms with Crippen LogP contribution in [-0.2, 0) is 19.1 Å². The first kappa shape index (κ1) is 32.5. The van der Waals surface area contributed by atoms with Crippen LogP contribution in [0.15, 0.2) is 66.7 Å². The first-order valence-corrected chi connectivity index (χ1v) is 13.7. The predicted molar refractivity (Wildman–Crippen MR) is 152 cm³/mol. The van der Waals surface area contributed by atoms with Gasteiger partial charge < -0.3 is 29.7 Å². The van der Waals surface area contributed by atoms with Crippen LogP contribution < -0.4 is 4.74 Å². The number of benzene rings is 2. The Morgan fingerprint density at radius 2 is 1.38 bits per heavy atom. The average Bonchev–Trinajstić information content (AvgIpc) is 2.96. The van der Waals surface area contributed by atoms with Gasteiger partial charge in [-0.15, -0.1) is 0 Å². The molecule has 1 heterocycles. The zero-order valence-corrected chi connectivity index (χ0v) is 23.1. The summed E-state index contributed by atoms with van der Waals surface area (Å²) in [4.78, 5) is 32.2. The van der Waals surface area contributed by atoms with Gasteiger partial charge in [0.05, 0.1) is 13.2 Å². The molecule has 1 atom stereocenters. The Bertz CT molecular complexity index is 1030. The third-order valence-corrected chi connectivity index (χ3v) is 6.62. The van der Waals surface area contributed by atoms with E-state index in [1.54, 1.807) is 7.11 Å². The first-order chi connectivity index (χ1) is 19.3. The van der Waals surface area contributed by atoms with Gasteiger partial charge in [-0.3, -0.25) is 4.79 Å². The van der Waals surface area contributed by atoms with E-state index in [0.717, 1.165) is 63.1 Å². The van der Waals surface area contributed by atoms with Gasteiger partial charge in [0.1, 0.15) is 11.9 Å². The fourth-order valence-electron chi connectivity index (χ4n) is 4.50. The highest BCUT2D eigenvalue weighted by molar-refractivity contribution is 5.89. The van der Waals surface area contributed by atoms with E-state index >= 15 is 0 Å². The van der Waals surface area contributed by atoms with Crippen LogP contribution in [0, 0.1) is 0 Å². The molecular weight excluding hydrogens is 514 g/mol. The summed E-state index contributed by atoms with van der Waals surface area (Å²) >= 11 is 0. The van der Waals surface area contributed by atoms with Crippen LogP contribution in [-0.4, -0.2) is 71.0 Å². The summed E-state index contributed by atoms with van der Waals surface area (Å²) in [5, 5.41) is 24.3. The lowest BCUT2D eigenvalue weighted by molar-refractivity contribution is -0.137. The van der Waals surface area contributed by atoms with E-state index in [-0.39, 0.29) is 12.2 Å². The molecule has 0 amide bonds. The molecule has 2 aromatic rings. The fourth-order valence-corrected chi connectivity index (χ4v) is 4.50. The van der Waals surface area contributed by atoms with Crippen LogP contribution in [0.3, 0.4) is 0 Å². The minimum Gasteiger partial charge on any atom is -0.497 e. The Kier molecular flexibility index (Phi) is 15.1. The van der Waals surface area contributed by atoms with Crippen molar-refractivity contribution in [2.24, 2.45) is 0 Å². The fraction of sp³-hybridized carbons (Fsp3) is 0.452. The summed E-state index contributed by atoms with van der Waals surface area (Å²) in [7, 11) is 1.69. The van der Waals surface area contributed by atoms with Crippen molar-refractivity contribution in [1.29, 1.82) is 0 Å². The second-order valence-corrected chi connectivity index (χ2v) is 9.66. The minimum absolute atomic E-state index is 0.0653. The molecule has 0 aliphatic carbocycles. The van der Waals surface area contributed by atoms with Crippen LogP contribution in [0.2, 0.25) is 0 Å². The molecule has 9 nitrogen and oxygen atoms in total. The number of carboxylic acids is 3. The highest BCUT2D eigenvalue weighted by atomic mass is 16.5. The third-order valence-electron chi connectivity index (χ3n) is 6.62. The molecule has 218 valence electrons. The number of hydrogen-bond acceptors (Lipinski definition) is 6. The molecule has 0 spiro atoms. The summed E-state index contributed by atoms with van der Waals surface area (Å²) in [6, 6.07) is 18.7. The molecule has 1 fully saturated rings. The Hall–Kier alpha value is -3.69. The van der Waals surface area contributed by atoms with Crippen molar-refractivity contribution in [1.82, 2.24) is 4.90 Å². The monoisotopic (exact) mass is 555 g/mol. The van der Waals surface area contributed by atoms with E-state index in [1.165, 1.54) is 18.4 Å². The normalized spacial score (nSPS) is 14.7. The third kappa shape index (κ3) is 13.4. The summed E-state index contributed by atoms with van der Waals surface area (Å²) in [6.45, 7) is 3.29. The Morgan fingerprint density at radius 3 is 1.93 bits per heavy atom. The molecule has 3 rings (SSSR count). The molecule has 3 N–H and O–H groups in total. The number of hydrogen-bond donors (Lipinski definition) is 3. The summed E-state index contributed by atoms with van der Waals surface area (Å²) in [5.74, 6) is -2.34. The van der Waals surface area contributed by atoms with Gasteiger partial charge in [-0.05, 0) is 55.5 Å². The number of ether oxygens (including phenoxy) is 2. The number of likely N-dealkylation sites (tertiary alicyclic amines) is 1. The summed E-state index contributed by atoms with van der Waals surface area (Å²) in [6.07, 6.45) is 9.05. The van der Waals surface area contributed by atoms with E-state index in [4.69, 9.17) is 24.8 Å². The van der Waals surface area contributed by atoms with Crippen LogP contribution in [0.4, 0.5) is 0 Å². The topological polar surface area (TPSA) is 134 Å². The molecule has 0 saturated carbocycles. The van der Waals surface area contributed by atoms with Crippen molar-refractivity contribution < 1.29 is 39.2 Å². The van der Waals surface area contributed by atoms with Gasteiger partial charge >= 0.3 is 17.9 Å². The SMILES string of the molecule is COc1ccc(C(OC2CCN(CCCCCCCC(=O)O)CC2)c2ccccc2)cc1.O=C(O)/C=C/C(=O)O. The van der Waals surface area contributed by atoms with Gasteiger partial charge in [0.2, 0.25) is 0 Å². The van der Waals surface area contributed by atoms with Crippen molar-refractivity contribution in [3.63, 3.8) is 0 Å². The first-order valence-electron chi connectivity index (χ1n) is 13.7. The average molecular weight is 556 g/mol. The van der Waals surface area contributed by atoms with Gasteiger partial charge in [-0.2, -0.15) is 0 Å². The minimum atomic E-state index is -1.26. The van der Waals surface area contributed by atoms with E-state index in [2.05, 4.69) is 41.3 Å². The quantitative estimate of drug-likeness (QED) is 0.195. The van der Waals surface area contributed by atoms with Crippen molar-refractivity contribution in [2.75, 3.05) is 26.7 Å². The number of piperidine rings is 1. The highest BCUT2D eigenvalue weighted by Crippen LogP contribution is 2.31. The van der Waals surface area contributed by atoms with E-state index < -0.39 is 17.9 Å². The van der Waals surface area contributed by atoms with Crippen LogP contribution in [0.1, 0.15) is 68.6 Å². The Balaban J connectivity index is 0.000000611. The van der Waals surface area contributed by atoms with Crippen molar-refractivity contribution in [3.05, 3.63) is 77.9 Å². The molecule has 0 radical (unpaired) electrons. The van der Waals surface area contributed by atoms with E-state index in [9.17, 15) is 14.4 Å². The molecule has 0 aromatic heterocycles. The number of carboxylic acid groups (broad SMARTS) is 3. The lowest BCUT2D eigenvalue weighted by Crippen LogP contribution is -2.38. The lowest BCUT2D eigenvalue weighted by Gasteiger charge is -2.34. The number of aliphatic carboxylic acids is 3. The summed E-state index contributed by atoms with van der Waals surface area (Å²) in [5.41, 5.74) is 2.34. The Labute approximate surface area is 236 Å². The highest BCUT2D eigenvalue weighted by Gasteiger charge is 2.24. The van der Waals surface area contributed by atoms with Gasteiger partial charge in [0.25, 0.3) is 0 Å². The smallest absolute Gasteiger partial charge is 0.328 e. The second-order valence-electron chi connectivity index (χ2n) is 9.66. The zero-order valence-electron chi connectivity index (χ0n) is 23.1.